The first-order valence-electron chi connectivity index (χ1n) is 5.23. The van der Waals surface area contributed by atoms with Crippen LogP contribution in [0, 0.1) is 0 Å². The minimum atomic E-state index is -0.0241. The van der Waals surface area contributed by atoms with E-state index < -0.39 is 0 Å². The average Bonchev–Trinajstić information content (AvgIpc) is 2.51. The van der Waals surface area contributed by atoms with Gasteiger partial charge in [0.2, 0.25) is 0 Å². The lowest BCUT2D eigenvalue weighted by Crippen LogP contribution is -2.18. The molecule has 0 radical (unpaired) electrons. The van der Waals surface area contributed by atoms with E-state index in [1.807, 2.05) is 0 Å². The molecular weight excluding hydrogens is 172 g/mol. The lowest BCUT2D eigenvalue weighted by atomic mass is 9.93. The summed E-state index contributed by atoms with van der Waals surface area (Å²) in [6.07, 6.45) is 7.01. The van der Waals surface area contributed by atoms with Crippen LogP contribution in [-0.2, 0) is 4.74 Å². The number of ether oxygens (including phenoxy) is 1. The molecule has 1 saturated heterocycles. The highest BCUT2D eigenvalue weighted by molar-refractivity contribution is 5.57. The Morgan fingerprint density at radius 3 is 3.14 bits per heavy atom. The molecule has 2 atom stereocenters. The summed E-state index contributed by atoms with van der Waals surface area (Å²) in [6.45, 7) is 2.18. The summed E-state index contributed by atoms with van der Waals surface area (Å²) in [5.41, 5.74) is 2.65. The van der Waals surface area contributed by atoms with Crippen molar-refractivity contribution in [3.8, 4) is 0 Å². The fourth-order valence-electron chi connectivity index (χ4n) is 2.42. The van der Waals surface area contributed by atoms with Crippen LogP contribution in [0.1, 0.15) is 37.0 Å². The number of rotatable bonds is 0. The molecule has 1 aromatic rings. The molecule has 1 fully saturated rings. The molecule has 2 bridgehead atoms. The molecule has 2 aliphatic rings. The summed E-state index contributed by atoms with van der Waals surface area (Å²) in [6, 6.07) is 8.53. The molecule has 2 heterocycles. The Labute approximate surface area is 84.4 Å². The van der Waals surface area contributed by atoms with Crippen molar-refractivity contribution in [3.63, 3.8) is 0 Å². The molecule has 0 aromatic heterocycles. The van der Waals surface area contributed by atoms with Gasteiger partial charge in [0.05, 0.1) is 11.7 Å². The Morgan fingerprint density at radius 2 is 2.21 bits per heavy atom. The highest BCUT2D eigenvalue weighted by Crippen LogP contribution is 2.43. The van der Waals surface area contributed by atoms with E-state index in [2.05, 4.69) is 43.3 Å². The summed E-state index contributed by atoms with van der Waals surface area (Å²) < 4.78 is 6.05. The number of hydrogen-bond acceptors (Lipinski definition) is 1. The first-order chi connectivity index (χ1) is 6.77. The molecule has 0 spiro atoms. The van der Waals surface area contributed by atoms with E-state index in [1.165, 1.54) is 11.1 Å². The quantitative estimate of drug-likeness (QED) is 0.604. The van der Waals surface area contributed by atoms with Gasteiger partial charge in [-0.1, -0.05) is 36.4 Å². The third-order valence-electron chi connectivity index (χ3n) is 3.27. The Morgan fingerprint density at radius 1 is 1.36 bits per heavy atom. The van der Waals surface area contributed by atoms with Crippen LogP contribution in [0.3, 0.4) is 0 Å². The largest absolute Gasteiger partial charge is 0.363 e. The highest BCUT2D eigenvalue weighted by Gasteiger charge is 2.36. The molecule has 2 aliphatic heterocycles. The van der Waals surface area contributed by atoms with Gasteiger partial charge < -0.3 is 4.74 Å². The van der Waals surface area contributed by atoms with Gasteiger partial charge in [-0.2, -0.15) is 0 Å². The van der Waals surface area contributed by atoms with Crippen molar-refractivity contribution in [1.82, 2.24) is 0 Å². The number of hydrogen-bond donors (Lipinski definition) is 0. The van der Waals surface area contributed by atoms with Crippen molar-refractivity contribution in [2.24, 2.45) is 0 Å². The minimum absolute atomic E-state index is 0.0241. The lowest BCUT2D eigenvalue weighted by Gasteiger charge is -2.18. The molecule has 1 aromatic carbocycles. The molecule has 0 aliphatic carbocycles. The van der Waals surface area contributed by atoms with Gasteiger partial charge in [-0.15, -0.1) is 0 Å². The maximum absolute atomic E-state index is 6.05. The summed E-state index contributed by atoms with van der Waals surface area (Å²) in [7, 11) is 0. The average molecular weight is 186 g/mol. The smallest absolute Gasteiger partial charge is 0.0847 e. The highest BCUT2D eigenvalue weighted by atomic mass is 16.5. The lowest BCUT2D eigenvalue weighted by molar-refractivity contribution is 0.00569. The molecule has 1 heteroatoms. The molecule has 1 nitrogen and oxygen atoms in total. The van der Waals surface area contributed by atoms with Crippen LogP contribution in [0.5, 0.6) is 0 Å². The van der Waals surface area contributed by atoms with Gasteiger partial charge in [-0.05, 0) is 30.9 Å². The van der Waals surface area contributed by atoms with Crippen LogP contribution in [0.4, 0.5) is 0 Å². The van der Waals surface area contributed by atoms with Crippen LogP contribution < -0.4 is 0 Å². The summed E-state index contributed by atoms with van der Waals surface area (Å²) >= 11 is 0. The van der Waals surface area contributed by atoms with E-state index in [9.17, 15) is 0 Å². The molecule has 0 amide bonds. The standard InChI is InChI=1S/C13H14O/c1-13-8-6-10-4-2-3-5-11(10)12(14-13)7-9-13/h2-6,8,12H,7,9H2,1H3. The van der Waals surface area contributed by atoms with Gasteiger partial charge in [0, 0.05) is 0 Å². The van der Waals surface area contributed by atoms with Gasteiger partial charge in [0.1, 0.15) is 0 Å². The number of benzene rings is 1. The zero-order valence-electron chi connectivity index (χ0n) is 8.36. The van der Waals surface area contributed by atoms with Crippen molar-refractivity contribution in [1.29, 1.82) is 0 Å². The van der Waals surface area contributed by atoms with E-state index >= 15 is 0 Å². The van der Waals surface area contributed by atoms with Crippen LogP contribution >= 0.6 is 0 Å². The van der Waals surface area contributed by atoms with Crippen molar-refractivity contribution in [3.05, 3.63) is 41.5 Å². The zero-order valence-corrected chi connectivity index (χ0v) is 8.36. The minimum Gasteiger partial charge on any atom is -0.363 e. The van der Waals surface area contributed by atoms with Gasteiger partial charge in [0.25, 0.3) is 0 Å². The van der Waals surface area contributed by atoms with Crippen molar-refractivity contribution in [2.45, 2.75) is 31.5 Å². The van der Waals surface area contributed by atoms with E-state index in [0.29, 0.717) is 6.10 Å². The maximum atomic E-state index is 6.05. The van der Waals surface area contributed by atoms with Crippen molar-refractivity contribution < 1.29 is 4.74 Å². The second-order valence-corrected chi connectivity index (χ2v) is 4.42. The van der Waals surface area contributed by atoms with Crippen LogP contribution in [-0.4, -0.2) is 5.60 Å². The van der Waals surface area contributed by atoms with Gasteiger partial charge in [-0.25, -0.2) is 0 Å². The van der Waals surface area contributed by atoms with E-state index in [0.717, 1.165) is 12.8 Å². The normalized spacial score (nSPS) is 33.9. The Hall–Kier alpha value is -1.08. The monoisotopic (exact) mass is 186 g/mol. The summed E-state index contributed by atoms with van der Waals surface area (Å²) in [5.74, 6) is 0. The number of fused-ring (bicyclic) bond motifs is 4. The molecular formula is C13H14O. The third-order valence-corrected chi connectivity index (χ3v) is 3.27. The second-order valence-electron chi connectivity index (χ2n) is 4.42. The first-order valence-corrected chi connectivity index (χ1v) is 5.23. The summed E-state index contributed by atoms with van der Waals surface area (Å²) in [5, 5.41) is 0. The predicted molar refractivity (Wildman–Crippen MR) is 56.9 cm³/mol. The van der Waals surface area contributed by atoms with Gasteiger partial charge in [0.15, 0.2) is 0 Å². The Kier molecular flexibility index (Phi) is 1.59. The second kappa shape index (κ2) is 2.71. The molecule has 14 heavy (non-hydrogen) atoms. The molecule has 3 rings (SSSR count). The summed E-state index contributed by atoms with van der Waals surface area (Å²) in [4.78, 5) is 0. The third kappa shape index (κ3) is 1.12. The molecule has 72 valence electrons. The zero-order chi connectivity index (χ0) is 9.60. The van der Waals surface area contributed by atoms with Crippen LogP contribution in [0.15, 0.2) is 30.3 Å². The Bertz CT molecular complexity index is 394. The van der Waals surface area contributed by atoms with Crippen molar-refractivity contribution >= 4 is 6.08 Å². The van der Waals surface area contributed by atoms with Crippen LogP contribution in [0.25, 0.3) is 6.08 Å². The van der Waals surface area contributed by atoms with E-state index in [1.54, 1.807) is 0 Å². The van der Waals surface area contributed by atoms with Gasteiger partial charge in [-0.3, -0.25) is 0 Å². The van der Waals surface area contributed by atoms with E-state index in [4.69, 9.17) is 4.74 Å². The fraction of sp³-hybridized carbons (Fsp3) is 0.385. The maximum Gasteiger partial charge on any atom is 0.0847 e. The fourth-order valence-corrected chi connectivity index (χ4v) is 2.42. The predicted octanol–water partition coefficient (Wildman–Crippen LogP) is 3.32. The van der Waals surface area contributed by atoms with Gasteiger partial charge >= 0.3 is 0 Å². The first kappa shape index (κ1) is 8.25. The van der Waals surface area contributed by atoms with Crippen LogP contribution in [0.2, 0.25) is 0 Å². The van der Waals surface area contributed by atoms with E-state index in [-0.39, 0.29) is 5.60 Å². The molecule has 0 saturated carbocycles. The topological polar surface area (TPSA) is 9.23 Å². The molecule has 2 unspecified atom stereocenters. The molecule has 0 N–H and O–H groups in total. The van der Waals surface area contributed by atoms with Crippen molar-refractivity contribution in [2.75, 3.05) is 0 Å². The SMILES string of the molecule is CC12C=Cc3ccccc3C(CC1)O2. The Balaban J connectivity index is 2.15.